The molecule has 0 bridgehead atoms. The van der Waals surface area contributed by atoms with Crippen LogP contribution in [0, 0.1) is 0 Å². The highest BCUT2D eigenvalue weighted by molar-refractivity contribution is 7.66. The van der Waals surface area contributed by atoms with E-state index in [0.717, 1.165) is 28.1 Å². The van der Waals surface area contributed by atoms with E-state index in [1.807, 2.05) is 0 Å². The van der Waals surface area contributed by atoms with Crippen LogP contribution in [0.15, 0.2) is 34.9 Å². The number of methoxy groups -OCH3 is 1. The van der Waals surface area contributed by atoms with Crippen LogP contribution in [0.3, 0.4) is 0 Å². The smallest absolute Gasteiger partial charge is 0.490 e. The number of ether oxygens (including phenoxy) is 4. The van der Waals surface area contributed by atoms with E-state index in [4.69, 9.17) is 49.7 Å². The molecule has 39 nitrogen and oxygen atoms in total. The number of nitrogens with two attached hydrogens (primary N) is 3. The number of hydrogen-bond donors (Lipinski definition) is 12. The fourth-order valence-electron chi connectivity index (χ4n) is 7.58. The van der Waals surface area contributed by atoms with Gasteiger partial charge in [0.25, 0.3) is 24.9 Å². The minimum Gasteiger partial charge on any atom is -0.756 e. The van der Waals surface area contributed by atoms with Crippen LogP contribution in [0.5, 0.6) is 0 Å². The molecule has 6 aromatic rings. The molecule has 0 aliphatic carbocycles. The van der Waals surface area contributed by atoms with Gasteiger partial charge in [-0.25, -0.2) is 38.2 Å². The highest BCUT2D eigenvalue weighted by atomic mass is 31.3. The minimum absolute atomic E-state index is 0.0272. The predicted molar refractivity (Wildman–Crippen MR) is 239 cm³/mol. The number of nitrogen functional groups attached to an aromatic ring is 3. The highest BCUT2D eigenvalue weighted by Gasteiger charge is 2.50. The van der Waals surface area contributed by atoms with E-state index in [-0.39, 0.29) is 51.2 Å². The molecule has 6 aromatic heterocycles. The van der Waals surface area contributed by atoms with E-state index < -0.39 is 137 Å². The van der Waals surface area contributed by atoms with Gasteiger partial charge in [-0.3, -0.25) is 46.9 Å². The summed E-state index contributed by atoms with van der Waals surface area (Å²) in [6.07, 6.45) is -12.3. The Hall–Kier alpha value is -5.15. The number of aliphatic hydroxyl groups excluding tert-OH is 4. The number of nitrogens with one attached hydrogen (secondary N) is 2. The molecule has 0 saturated carbocycles. The van der Waals surface area contributed by atoms with Gasteiger partial charge in [0, 0.05) is 7.11 Å². The summed E-state index contributed by atoms with van der Waals surface area (Å²) in [7, 11) is -20.9. The molecule has 0 spiro atoms. The van der Waals surface area contributed by atoms with Gasteiger partial charge in [0.2, 0.25) is 17.7 Å². The van der Waals surface area contributed by atoms with Gasteiger partial charge in [-0.05, 0) is 0 Å². The number of phosphoric acid groups is 4. The third-order valence-corrected chi connectivity index (χ3v) is 16.1. The number of aliphatic hydroxyl groups is 4. The summed E-state index contributed by atoms with van der Waals surface area (Å²) in [6, 6.07) is 0. The molecule has 14 atom stereocenters. The van der Waals surface area contributed by atoms with Crippen molar-refractivity contribution in [2.75, 3.05) is 57.3 Å². The molecule has 2 aliphatic heterocycles. The van der Waals surface area contributed by atoms with Crippen molar-refractivity contribution in [1.82, 2.24) is 53.6 Å². The van der Waals surface area contributed by atoms with Crippen LogP contribution in [0.25, 0.3) is 33.5 Å². The molecule has 0 radical (unpaired) electrons. The summed E-state index contributed by atoms with van der Waals surface area (Å²) < 4.78 is 107. The monoisotopic (exact) mass is 1150 g/mol. The summed E-state index contributed by atoms with van der Waals surface area (Å²) in [6.45, 7) is -5.07. The molecule has 6 unspecified atom stereocenters. The number of fused-ring (bicyclic) bond motifs is 3. The molecule has 2 fully saturated rings. The van der Waals surface area contributed by atoms with Crippen molar-refractivity contribution >= 4 is 82.5 Å². The van der Waals surface area contributed by atoms with Crippen LogP contribution in [0.4, 0.5) is 17.7 Å². The quantitative estimate of drug-likeness (QED) is 0.0211. The summed E-state index contributed by atoms with van der Waals surface area (Å²) in [5.74, 6) is -0.708. The van der Waals surface area contributed by atoms with E-state index in [2.05, 4.69) is 53.0 Å². The first-order chi connectivity index (χ1) is 35.2. The van der Waals surface area contributed by atoms with Crippen molar-refractivity contribution in [3.8, 4) is 0 Å². The summed E-state index contributed by atoms with van der Waals surface area (Å²) in [5.41, 5.74) is 15.4. The van der Waals surface area contributed by atoms with Gasteiger partial charge in [-0.1, -0.05) is 4.98 Å². The first kappa shape index (κ1) is 56.1. The van der Waals surface area contributed by atoms with E-state index >= 15 is 0 Å². The Bertz CT molecular complexity index is 3390. The lowest BCUT2D eigenvalue weighted by Crippen LogP contribution is -2.46. The van der Waals surface area contributed by atoms with Crippen molar-refractivity contribution in [3.63, 3.8) is 0 Å². The normalized spacial score (nSPS) is 26.3. The number of aromatic amines is 2. The molecule has 412 valence electrons. The molecule has 15 N–H and O–H groups in total. The average molecular weight is 1150 g/mol. The Morgan fingerprint density at radius 2 is 1.39 bits per heavy atom. The molecule has 2 aliphatic rings. The largest absolute Gasteiger partial charge is 0.756 e. The van der Waals surface area contributed by atoms with Crippen LogP contribution in [0.1, 0.15) is 18.7 Å². The first-order valence-electron chi connectivity index (χ1n) is 21.1. The molecule has 75 heavy (non-hydrogen) atoms. The third kappa shape index (κ3) is 12.3. The molecule has 8 heterocycles. The van der Waals surface area contributed by atoms with Crippen LogP contribution < -0.4 is 37.8 Å². The van der Waals surface area contributed by atoms with Crippen LogP contribution in [-0.4, -0.2) is 172 Å². The van der Waals surface area contributed by atoms with Crippen LogP contribution in [-0.2, 0) is 71.0 Å². The van der Waals surface area contributed by atoms with E-state index in [1.54, 1.807) is 0 Å². The van der Waals surface area contributed by atoms with Crippen molar-refractivity contribution in [2.24, 2.45) is 7.05 Å². The molecular formula is C32H45N15O24P4. The van der Waals surface area contributed by atoms with E-state index in [1.165, 1.54) is 29.6 Å². The molecule has 0 amide bonds. The third-order valence-electron chi connectivity index (χ3n) is 10.9. The van der Waals surface area contributed by atoms with E-state index in [9.17, 15) is 67.8 Å². The average Bonchev–Trinajstić information content (AvgIpc) is 4.13. The van der Waals surface area contributed by atoms with Gasteiger partial charge in [-0.2, -0.15) is 13.6 Å². The van der Waals surface area contributed by atoms with E-state index in [0.29, 0.717) is 0 Å². The highest BCUT2D eigenvalue weighted by Crippen LogP contribution is 2.68. The van der Waals surface area contributed by atoms with Gasteiger partial charge in [0.05, 0.1) is 52.7 Å². The second-order valence-corrected chi connectivity index (χ2v) is 22.1. The summed E-state index contributed by atoms with van der Waals surface area (Å²) in [4.78, 5) is 97.4. The SMILES string of the molecule is COC[C@@H](O[C@@H](COP(=O)([O-])OC[C@H]1O[C@@H](n2cnc3c(=O)[nH]c(N)nc32)C(O)[C@H]1O)COP(=O)(O)OP(=O)(O)OP(=O)(O)OC[C@H]1O[C@@H]([n+]2cn(C)c3c(=O)[nH]c(N)nc32)[C@@H](O)C1O)n1cnc2c(N)ncnc21. The maximum absolute atomic E-state index is 13.1. The van der Waals surface area contributed by atoms with Gasteiger partial charge in [0.1, 0.15) is 54.6 Å². The Labute approximate surface area is 415 Å². The Balaban J connectivity index is 0.913. The van der Waals surface area contributed by atoms with Crippen molar-refractivity contribution in [2.45, 2.75) is 61.4 Å². The zero-order valence-corrected chi connectivity index (χ0v) is 41.8. The number of hydrogen-bond acceptors (Lipinski definition) is 30. The zero-order valence-electron chi connectivity index (χ0n) is 38.2. The zero-order chi connectivity index (χ0) is 54.5. The minimum atomic E-state index is -6.21. The Kier molecular flexibility index (Phi) is 16.2. The Morgan fingerprint density at radius 1 is 0.760 bits per heavy atom. The van der Waals surface area contributed by atoms with Crippen molar-refractivity contribution < 1.29 is 108 Å². The lowest BCUT2D eigenvalue weighted by molar-refractivity contribution is -0.745. The van der Waals surface area contributed by atoms with Gasteiger partial charge < -0.3 is 85.2 Å². The number of aryl methyl sites for hydroxylation is 1. The summed E-state index contributed by atoms with van der Waals surface area (Å²) >= 11 is 0. The number of H-pyrrole nitrogens is 2. The lowest BCUT2D eigenvalue weighted by atomic mass is 10.1. The Morgan fingerprint density at radius 3 is 2.11 bits per heavy atom. The lowest BCUT2D eigenvalue weighted by Gasteiger charge is -2.29. The van der Waals surface area contributed by atoms with Gasteiger partial charge >= 0.3 is 29.1 Å². The molecular weight excluding hydrogens is 1100 g/mol. The maximum atomic E-state index is 13.1. The number of phosphoric ester groups is 3. The van der Waals surface area contributed by atoms with Gasteiger partial charge in [0.15, 0.2) is 41.4 Å². The predicted octanol–water partition coefficient (Wildman–Crippen LogP) is -5.09. The van der Waals surface area contributed by atoms with Crippen LogP contribution in [0.2, 0.25) is 0 Å². The maximum Gasteiger partial charge on any atom is 0.490 e. The fourth-order valence-corrected chi connectivity index (χ4v) is 11.9. The summed E-state index contributed by atoms with van der Waals surface area (Å²) in [5, 5.41) is 43.0. The number of nitrogens with zero attached hydrogens (tertiary/aromatic N) is 10. The second-order valence-electron chi connectivity index (χ2n) is 16.1. The van der Waals surface area contributed by atoms with Crippen molar-refractivity contribution in [1.29, 1.82) is 0 Å². The fraction of sp³-hybridized carbons (Fsp3) is 0.531. The molecule has 2 saturated heterocycles. The molecule has 8 rings (SSSR count). The topological polar surface area (TPSA) is 565 Å². The second kappa shape index (κ2) is 21.7. The number of anilines is 3. The standard InChI is InChI=1S/C32H45N15O24P4/c1-44-11-47(26-18(44)28(53)43-32(35)41-26)30-22(51)20(49)14(69-30)6-66-74(58,59)71-75(60,61)70-73(56,57)64-4-12(67-15(7-62-2)45-9-38-16-23(33)36-8-37-24(16)45)3-63-72(54,55)65-5-13-19(48)21(50)29(68-13)46-10-39-17-25(46)40-31(34)42-27(17)52/h8-15,19-22,29-30,48-51H,3-7H2,1-2H3,(H11-,33,34,35,36,37,40,41,42,43,52,53,54,55,56,57,58,59,60,61)/t12-,13+,14+,15+,19-,20?,21?,22-,29+,30+/m0/s1. The molecule has 43 heteroatoms. The first-order valence-corrected chi connectivity index (χ1v) is 27.0. The number of imidazole rings is 3. The number of aromatic nitrogens is 12. The number of rotatable bonds is 23. The van der Waals surface area contributed by atoms with Crippen molar-refractivity contribution in [3.05, 3.63) is 46.0 Å². The van der Waals surface area contributed by atoms with Crippen LogP contribution >= 0.6 is 31.3 Å². The van der Waals surface area contributed by atoms with Gasteiger partial charge in [-0.15, -0.1) is 0 Å². The molecule has 0 aromatic carbocycles.